The zero-order valence-electron chi connectivity index (χ0n) is 12.9. The van der Waals surface area contributed by atoms with Gasteiger partial charge in [-0.05, 0) is 25.0 Å². The zero-order chi connectivity index (χ0) is 15.8. The van der Waals surface area contributed by atoms with Crippen molar-refractivity contribution in [2.75, 3.05) is 13.2 Å². The molecule has 1 aliphatic carbocycles. The van der Waals surface area contributed by atoms with Gasteiger partial charge in [-0.25, -0.2) is 9.48 Å². The van der Waals surface area contributed by atoms with Crippen molar-refractivity contribution in [3.63, 3.8) is 0 Å². The van der Waals surface area contributed by atoms with Crippen molar-refractivity contribution in [1.82, 2.24) is 19.1 Å². The summed E-state index contributed by atoms with van der Waals surface area (Å²) >= 11 is 0. The molecule has 122 valence electrons. The SMILES string of the molecule is O=C(Cn1nc2ccccn2c1=O)N1CCO[C@@H]2CCCC[C@@H]21. The van der Waals surface area contributed by atoms with E-state index in [1.807, 2.05) is 11.0 Å². The maximum atomic E-state index is 12.7. The maximum absolute atomic E-state index is 12.7. The highest BCUT2D eigenvalue weighted by atomic mass is 16.5. The highest BCUT2D eigenvalue weighted by Crippen LogP contribution is 2.28. The van der Waals surface area contributed by atoms with Gasteiger partial charge in [-0.15, -0.1) is 5.10 Å². The Morgan fingerprint density at radius 3 is 3.04 bits per heavy atom. The number of amides is 1. The standard InChI is InChI=1S/C16H20N4O3/c21-15(18-9-10-23-13-6-2-1-5-12(13)18)11-20-16(22)19-8-4-3-7-14(19)17-20/h3-4,7-8,12-13H,1-2,5-6,9-11H2/t12-,13+/m0/s1. The normalized spacial score (nSPS) is 24.6. The Labute approximate surface area is 133 Å². The molecular formula is C16H20N4O3. The van der Waals surface area contributed by atoms with Crippen molar-refractivity contribution < 1.29 is 9.53 Å². The van der Waals surface area contributed by atoms with E-state index in [0.717, 1.165) is 25.7 Å². The summed E-state index contributed by atoms with van der Waals surface area (Å²) in [4.78, 5) is 26.9. The molecule has 1 saturated heterocycles. The van der Waals surface area contributed by atoms with E-state index in [1.165, 1.54) is 9.08 Å². The molecule has 7 nitrogen and oxygen atoms in total. The van der Waals surface area contributed by atoms with Crippen molar-refractivity contribution in [3.05, 3.63) is 34.9 Å². The van der Waals surface area contributed by atoms with Gasteiger partial charge in [0.15, 0.2) is 5.65 Å². The first-order valence-corrected chi connectivity index (χ1v) is 8.19. The van der Waals surface area contributed by atoms with E-state index < -0.39 is 0 Å². The molecule has 3 heterocycles. The van der Waals surface area contributed by atoms with Gasteiger partial charge < -0.3 is 9.64 Å². The Balaban J connectivity index is 1.56. The first-order chi connectivity index (χ1) is 11.2. The Kier molecular flexibility index (Phi) is 3.65. The molecule has 2 aliphatic rings. The Morgan fingerprint density at radius 1 is 1.30 bits per heavy atom. The van der Waals surface area contributed by atoms with Crippen LogP contribution in [0.1, 0.15) is 25.7 Å². The van der Waals surface area contributed by atoms with Crippen LogP contribution >= 0.6 is 0 Å². The fourth-order valence-corrected chi connectivity index (χ4v) is 3.70. The zero-order valence-corrected chi connectivity index (χ0v) is 12.9. The van der Waals surface area contributed by atoms with Gasteiger partial charge in [-0.3, -0.25) is 9.20 Å². The van der Waals surface area contributed by atoms with E-state index in [1.54, 1.807) is 18.3 Å². The number of pyridine rings is 1. The third-order valence-corrected chi connectivity index (χ3v) is 4.83. The average molecular weight is 316 g/mol. The van der Waals surface area contributed by atoms with E-state index in [9.17, 15) is 9.59 Å². The van der Waals surface area contributed by atoms with Gasteiger partial charge in [0.25, 0.3) is 0 Å². The molecule has 23 heavy (non-hydrogen) atoms. The van der Waals surface area contributed by atoms with Crippen LogP contribution < -0.4 is 5.69 Å². The van der Waals surface area contributed by atoms with Crippen LogP contribution in [0.15, 0.2) is 29.2 Å². The topological polar surface area (TPSA) is 68.8 Å². The molecule has 0 N–H and O–H groups in total. The predicted molar refractivity (Wildman–Crippen MR) is 83.2 cm³/mol. The molecule has 2 atom stereocenters. The van der Waals surface area contributed by atoms with Crippen LogP contribution in [0.5, 0.6) is 0 Å². The summed E-state index contributed by atoms with van der Waals surface area (Å²) < 4.78 is 8.51. The minimum Gasteiger partial charge on any atom is -0.374 e. The largest absolute Gasteiger partial charge is 0.374 e. The Morgan fingerprint density at radius 2 is 2.17 bits per heavy atom. The minimum atomic E-state index is -0.276. The van der Waals surface area contributed by atoms with Crippen LogP contribution in [-0.4, -0.2) is 50.3 Å². The summed E-state index contributed by atoms with van der Waals surface area (Å²) in [7, 11) is 0. The van der Waals surface area contributed by atoms with Crippen molar-refractivity contribution in [2.45, 2.75) is 44.4 Å². The number of aromatic nitrogens is 3. The maximum Gasteiger partial charge on any atom is 0.350 e. The third-order valence-electron chi connectivity index (χ3n) is 4.83. The smallest absolute Gasteiger partial charge is 0.350 e. The van der Waals surface area contributed by atoms with E-state index in [4.69, 9.17) is 4.74 Å². The molecule has 2 fully saturated rings. The molecule has 0 spiro atoms. The summed E-state index contributed by atoms with van der Waals surface area (Å²) in [5, 5.41) is 4.24. The number of ether oxygens (including phenoxy) is 1. The second kappa shape index (κ2) is 5.81. The molecule has 1 saturated carbocycles. The summed E-state index contributed by atoms with van der Waals surface area (Å²) in [6.45, 7) is 1.17. The fraction of sp³-hybridized carbons (Fsp3) is 0.562. The van der Waals surface area contributed by atoms with Gasteiger partial charge in [-0.1, -0.05) is 18.9 Å². The third kappa shape index (κ3) is 2.55. The van der Waals surface area contributed by atoms with Gasteiger partial charge in [0.05, 0.1) is 18.8 Å². The van der Waals surface area contributed by atoms with Crippen molar-refractivity contribution in [2.24, 2.45) is 0 Å². The fourth-order valence-electron chi connectivity index (χ4n) is 3.70. The summed E-state index contributed by atoms with van der Waals surface area (Å²) in [6.07, 6.45) is 6.10. The minimum absolute atomic E-state index is 0.0102. The summed E-state index contributed by atoms with van der Waals surface area (Å²) in [5.41, 5.74) is 0.283. The lowest BCUT2D eigenvalue weighted by atomic mass is 9.90. The average Bonchev–Trinajstić information content (AvgIpc) is 2.90. The molecule has 1 amide bonds. The molecule has 2 aromatic rings. The molecule has 0 radical (unpaired) electrons. The number of carbonyl (C=O) groups is 1. The lowest BCUT2D eigenvalue weighted by Crippen LogP contribution is -2.55. The van der Waals surface area contributed by atoms with Crippen LogP contribution in [0.3, 0.4) is 0 Å². The predicted octanol–water partition coefficient (Wildman–Crippen LogP) is 0.666. The van der Waals surface area contributed by atoms with Gasteiger partial charge in [0, 0.05) is 12.7 Å². The highest BCUT2D eigenvalue weighted by Gasteiger charge is 2.36. The van der Waals surface area contributed by atoms with Gasteiger partial charge >= 0.3 is 5.69 Å². The monoisotopic (exact) mass is 316 g/mol. The van der Waals surface area contributed by atoms with Gasteiger partial charge in [-0.2, -0.15) is 0 Å². The van der Waals surface area contributed by atoms with Crippen LogP contribution in [0.4, 0.5) is 0 Å². The number of rotatable bonds is 2. The lowest BCUT2D eigenvalue weighted by Gasteiger charge is -2.43. The van der Waals surface area contributed by atoms with Crippen LogP contribution in [0.25, 0.3) is 5.65 Å². The molecule has 4 rings (SSSR count). The number of carbonyl (C=O) groups excluding carboxylic acids is 1. The van der Waals surface area contributed by atoms with E-state index >= 15 is 0 Å². The molecular weight excluding hydrogens is 296 g/mol. The first-order valence-electron chi connectivity index (χ1n) is 8.19. The van der Waals surface area contributed by atoms with E-state index in [0.29, 0.717) is 18.8 Å². The molecule has 7 heteroatoms. The first kappa shape index (κ1) is 14.4. The van der Waals surface area contributed by atoms with E-state index in [2.05, 4.69) is 5.10 Å². The van der Waals surface area contributed by atoms with Crippen LogP contribution in [0, 0.1) is 0 Å². The van der Waals surface area contributed by atoms with Gasteiger partial charge in [0.2, 0.25) is 5.91 Å². The Bertz CT molecular complexity index is 779. The summed E-state index contributed by atoms with van der Waals surface area (Å²) in [5.74, 6) is -0.0456. The van der Waals surface area contributed by atoms with E-state index in [-0.39, 0.29) is 30.3 Å². The van der Waals surface area contributed by atoms with Crippen molar-refractivity contribution in [1.29, 1.82) is 0 Å². The summed E-state index contributed by atoms with van der Waals surface area (Å²) in [6, 6.07) is 5.51. The van der Waals surface area contributed by atoms with Crippen molar-refractivity contribution >= 4 is 11.6 Å². The van der Waals surface area contributed by atoms with Gasteiger partial charge in [0.1, 0.15) is 6.54 Å². The quantitative estimate of drug-likeness (QED) is 0.816. The number of nitrogens with zero attached hydrogens (tertiary/aromatic N) is 4. The molecule has 0 unspecified atom stereocenters. The molecule has 2 aromatic heterocycles. The van der Waals surface area contributed by atoms with Crippen molar-refractivity contribution in [3.8, 4) is 0 Å². The lowest BCUT2D eigenvalue weighted by molar-refractivity contribution is -0.150. The van der Waals surface area contributed by atoms with Crippen LogP contribution in [-0.2, 0) is 16.1 Å². The number of morpholine rings is 1. The molecule has 0 aromatic carbocycles. The number of hydrogen-bond acceptors (Lipinski definition) is 4. The second-order valence-corrected chi connectivity index (χ2v) is 6.22. The second-order valence-electron chi connectivity index (χ2n) is 6.22. The number of hydrogen-bond donors (Lipinski definition) is 0. The highest BCUT2D eigenvalue weighted by molar-refractivity contribution is 5.76. The number of fused-ring (bicyclic) bond motifs is 2. The molecule has 1 aliphatic heterocycles. The Hall–Kier alpha value is -2.15. The van der Waals surface area contributed by atoms with Crippen LogP contribution in [0.2, 0.25) is 0 Å². The molecule has 0 bridgehead atoms.